The predicted molar refractivity (Wildman–Crippen MR) is 184 cm³/mol. The van der Waals surface area contributed by atoms with E-state index < -0.39 is 0 Å². The fourth-order valence-corrected chi connectivity index (χ4v) is 6.23. The smallest absolute Gasteiger partial charge is 0.0540 e. The van der Waals surface area contributed by atoms with Crippen LogP contribution in [0.4, 0.5) is 17.1 Å². The lowest BCUT2D eigenvalue weighted by molar-refractivity contribution is 1.28. The van der Waals surface area contributed by atoms with Crippen LogP contribution < -0.4 is 4.90 Å². The second-order valence-electron chi connectivity index (χ2n) is 11.0. The molecule has 0 aromatic heterocycles. The molecule has 7 aromatic rings. The second kappa shape index (κ2) is 10.6. The van der Waals surface area contributed by atoms with Gasteiger partial charge in [0.05, 0.1) is 11.4 Å². The molecule has 0 saturated heterocycles. The average molecular weight is 548 g/mol. The van der Waals surface area contributed by atoms with Crippen molar-refractivity contribution < 1.29 is 0 Å². The molecule has 0 aliphatic carbocycles. The minimum absolute atomic E-state index is 1.14. The molecule has 1 aliphatic heterocycles. The van der Waals surface area contributed by atoms with Crippen molar-refractivity contribution >= 4 is 40.0 Å². The monoisotopic (exact) mass is 547 g/mol. The molecule has 1 heteroatoms. The van der Waals surface area contributed by atoms with Crippen LogP contribution in [0.15, 0.2) is 164 Å². The van der Waals surface area contributed by atoms with Gasteiger partial charge >= 0.3 is 0 Å². The second-order valence-corrected chi connectivity index (χ2v) is 11.0. The highest BCUT2D eigenvalue weighted by Gasteiger charge is 2.22. The molecule has 8 rings (SSSR count). The van der Waals surface area contributed by atoms with Crippen LogP contribution in [0.1, 0.15) is 11.1 Å². The summed E-state index contributed by atoms with van der Waals surface area (Å²) in [5.74, 6) is 0. The molecule has 0 saturated carbocycles. The molecule has 1 heterocycles. The zero-order valence-corrected chi connectivity index (χ0v) is 23.7. The molecule has 0 unspecified atom stereocenters. The lowest BCUT2D eigenvalue weighted by atomic mass is 9.90. The Morgan fingerprint density at radius 3 is 1.40 bits per heavy atom. The third-order valence-electron chi connectivity index (χ3n) is 8.39. The summed E-state index contributed by atoms with van der Waals surface area (Å²) in [4.78, 5) is 2.42. The van der Waals surface area contributed by atoms with Crippen molar-refractivity contribution in [1.82, 2.24) is 0 Å². The van der Waals surface area contributed by atoms with Crippen LogP contribution >= 0.6 is 0 Å². The zero-order chi connectivity index (χ0) is 28.6. The number of hydrogen-bond donors (Lipinski definition) is 0. The highest BCUT2D eigenvalue weighted by Crippen LogP contribution is 2.46. The number of anilines is 3. The summed E-state index contributed by atoms with van der Waals surface area (Å²) in [5, 5.41) is 2.49. The molecule has 1 aliphatic rings. The quantitative estimate of drug-likeness (QED) is 0.212. The number of hydrogen-bond acceptors (Lipinski definition) is 1. The van der Waals surface area contributed by atoms with E-state index in [9.17, 15) is 0 Å². The number of fused-ring (bicyclic) bond motifs is 3. The zero-order valence-electron chi connectivity index (χ0n) is 23.7. The molecule has 0 spiro atoms. The van der Waals surface area contributed by atoms with Gasteiger partial charge in [-0.05, 0) is 91.7 Å². The number of nitrogens with zero attached hydrogens (tertiary/aromatic N) is 1. The maximum atomic E-state index is 2.42. The van der Waals surface area contributed by atoms with Crippen molar-refractivity contribution in [3.8, 4) is 33.4 Å². The molecule has 43 heavy (non-hydrogen) atoms. The van der Waals surface area contributed by atoms with Gasteiger partial charge in [0.2, 0.25) is 0 Å². The predicted octanol–water partition coefficient (Wildman–Crippen LogP) is 11.8. The van der Waals surface area contributed by atoms with Crippen LogP contribution in [0, 0.1) is 0 Å². The van der Waals surface area contributed by atoms with Gasteiger partial charge in [0, 0.05) is 5.69 Å². The summed E-state index contributed by atoms with van der Waals surface area (Å²) in [6.07, 6.45) is 4.50. The fraction of sp³-hybridized carbons (Fsp3) is 0. The van der Waals surface area contributed by atoms with Gasteiger partial charge in [0.15, 0.2) is 0 Å². The van der Waals surface area contributed by atoms with E-state index >= 15 is 0 Å². The van der Waals surface area contributed by atoms with E-state index in [2.05, 4.69) is 181 Å². The first kappa shape index (κ1) is 25.1. The minimum Gasteiger partial charge on any atom is -0.309 e. The van der Waals surface area contributed by atoms with Gasteiger partial charge in [-0.3, -0.25) is 0 Å². The largest absolute Gasteiger partial charge is 0.309 e. The van der Waals surface area contributed by atoms with E-state index in [0.717, 1.165) is 11.4 Å². The molecule has 7 aromatic carbocycles. The molecule has 202 valence electrons. The number of para-hydroxylation sites is 1. The Morgan fingerprint density at radius 2 is 0.791 bits per heavy atom. The fourth-order valence-electron chi connectivity index (χ4n) is 6.23. The first-order valence-electron chi connectivity index (χ1n) is 14.8. The van der Waals surface area contributed by atoms with E-state index in [1.807, 2.05) is 0 Å². The normalized spacial score (nSPS) is 12.0. The first-order chi connectivity index (χ1) is 21.3. The van der Waals surface area contributed by atoms with Crippen molar-refractivity contribution in [2.24, 2.45) is 0 Å². The molecule has 0 bridgehead atoms. The van der Waals surface area contributed by atoms with Crippen molar-refractivity contribution in [3.63, 3.8) is 0 Å². The molecule has 0 atom stereocenters. The molecule has 1 nitrogen and oxygen atoms in total. The van der Waals surface area contributed by atoms with Gasteiger partial charge in [-0.1, -0.05) is 140 Å². The van der Waals surface area contributed by atoms with Crippen molar-refractivity contribution in [2.75, 3.05) is 4.90 Å². The molecule has 0 N–H and O–H groups in total. The molecule has 0 radical (unpaired) electrons. The van der Waals surface area contributed by atoms with Crippen LogP contribution in [-0.4, -0.2) is 0 Å². The molecule has 0 fully saturated rings. The SMILES string of the molecule is C1=Cc2ccc(-c3cc4ccccc4cc3-c3ccccc3)cc2N(c2ccccc2)c2cc(-c3ccccc3)ccc21. The van der Waals surface area contributed by atoms with Crippen molar-refractivity contribution in [2.45, 2.75) is 0 Å². The molecule has 0 amide bonds. The summed E-state index contributed by atoms with van der Waals surface area (Å²) in [6, 6.07) is 59.1. The van der Waals surface area contributed by atoms with Gasteiger partial charge in [0.1, 0.15) is 0 Å². The molecular weight excluding hydrogens is 518 g/mol. The van der Waals surface area contributed by atoms with E-state index in [0.29, 0.717) is 0 Å². The van der Waals surface area contributed by atoms with Gasteiger partial charge in [-0.25, -0.2) is 0 Å². The van der Waals surface area contributed by atoms with E-state index in [1.54, 1.807) is 0 Å². The van der Waals surface area contributed by atoms with Gasteiger partial charge < -0.3 is 4.90 Å². The topological polar surface area (TPSA) is 3.24 Å². The van der Waals surface area contributed by atoms with E-state index in [1.165, 1.54) is 61.0 Å². The highest BCUT2D eigenvalue weighted by molar-refractivity contribution is 6.00. The third kappa shape index (κ3) is 4.62. The Morgan fingerprint density at radius 1 is 0.326 bits per heavy atom. The Hall–Kier alpha value is -5.66. The summed E-state index contributed by atoms with van der Waals surface area (Å²) in [6.45, 7) is 0. The maximum absolute atomic E-state index is 2.42. The van der Waals surface area contributed by atoms with Crippen LogP contribution in [-0.2, 0) is 0 Å². The van der Waals surface area contributed by atoms with Gasteiger partial charge in [-0.2, -0.15) is 0 Å². The summed E-state index contributed by atoms with van der Waals surface area (Å²) in [5.41, 5.74) is 13.1. The average Bonchev–Trinajstić information content (AvgIpc) is 3.25. The summed E-state index contributed by atoms with van der Waals surface area (Å²) >= 11 is 0. The van der Waals surface area contributed by atoms with Crippen LogP contribution in [0.3, 0.4) is 0 Å². The summed E-state index contributed by atoms with van der Waals surface area (Å²) < 4.78 is 0. The van der Waals surface area contributed by atoms with Crippen LogP contribution in [0.5, 0.6) is 0 Å². The van der Waals surface area contributed by atoms with Crippen molar-refractivity contribution in [3.05, 3.63) is 175 Å². The Balaban J connectivity index is 1.36. The number of rotatable bonds is 4. The van der Waals surface area contributed by atoms with E-state index in [4.69, 9.17) is 0 Å². The van der Waals surface area contributed by atoms with Gasteiger partial charge in [-0.15, -0.1) is 0 Å². The Bertz CT molecular complexity index is 2110. The minimum atomic E-state index is 1.14. The highest BCUT2D eigenvalue weighted by atomic mass is 15.1. The van der Waals surface area contributed by atoms with Crippen LogP contribution in [0.2, 0.25) is 0 Å². The Kier molecular flexibility index (Phi) is 6.20. The standard InChI is InChI=1S/C42H29N/c1-4-12-30(13-5-1)36-24-22-32-20-21-33-23-25-37(29-42(33)43(41(32)28-36)38-18-8-3-9-19-38)40-27-35-17-11-10-16-34(35)26-39(40)31-14-6-2-7-15-31/h1-29H. The van der Waals surface area contributed by atoms with Gasteiger partial charge in [0.25, 0.3) is 0 Å². The Labute approximate surface area is 252 Å². The number of benzene rings is 7. The summed E-state index contributed by atoms with van der Waals surface area (Å²) in [7, 11) is 0. The maximum Gasteiger partial charge on any atom is 0.0540 e. The lowest BCUT2D eigenvalue weighted by Crippen LogP contribution is -2.12. The third-order valence-corrected chi connectivity index (χ3v) is 8.39. The molecular formula is C42H29N. The first-order valence-corrected chi connectivity index (χ1v) is 14.8. The van der Waals surface area contributed by atoms with Crippen molar-refractivity contribution in [1.29, 1.82) is 0 Å². The van der Waals surface area contributed by atoms with E-state index in [-0.39, 0.29) is 0 Å². The lowest BCUT2D eigenvalue weighted by Gasteiger charge is -2.28. The van der Waals surface area contributed by atoms with Crippen LogP contribution in [0.25, 0.3) is 56.3 Å².